The number of hydrogen-bond acceptors (Lipinski definition) is 2. The van der Waals surface area contributed by atoms with Crippen LogP contribution in [-0.2, 0) is 4.84 Å². The molecule has 3 aliphatic rings. The molecule has 1 aliphatic carbocycles. The van der Waals surface area contributed by atoms with Crippen LogP contribution in [0.2, 0.25) is 0 Å². The fourth-order valence-corrected chi connectivity index (χ4v) is 4.68. The molecule has 2 heterocycles. The van der Waals surface area contributed by atoms with Crippen LogP contribution >= 0.6 is 23.2 Å². The lowest BCUT2D eigenvalue weighted by Crippen LogP contribution is -2.55. The summed E-state index contributed by atoms with van der Waals surface area (Å²) < 4.78 is 0. The van der Waals surface area contributed by atoms with Gasteiger partial charge in [-0.3, -0.25) is 4.84 Å². The summed E-state index contributed by atoms with van der Waals surface area (Å²) in [5.74, 6) is 6.03. The Bertz CT molecular complexity index is 602. The number of piperidine rings is 1. The molecule has 23 heavy (non-hydrogen) atoms. The Balaban J connectivity index is 1.80. The number of fused-ring (bicyclic) bond motifs is 1. The van der Waals surface area contributed by atoms with Crippen molar-refractivity contribution in [2.45, 2.75) is 62.6 Å². The molecule has 4 heteroatoms. The van der Waals surface area contributed by atoms with Crippen LogP contribution in [0.3, 0.4) is 0 Å². The summed E-state index contributed by atoms with van der Waals surface area (Å²) in [7, 11) is 0. The minimum atomic E-state index is 0.141. The lowest BCUT2D eigenvalue weighted by molar-refractivity contribution is -0.221. The van der Waals surface area contributed by atoms with E-state index in [-0.39, 0.29) is 11.6 Å². The van der Waals surface area contributed by atoms with Crippen molar-refractivity contribution in [1.29, 1.82) is 0 Å². The van der Waals surface area contributed by atoms with Crippen molar-refractivity contribution in [2.24, 2.45) is 5.92 Å². The third-order valence-electron chi connectivity index (χ3n) is 5.39. The number of nitrogens with zero attached hydrogens (tertiary/aromatic N) is 1. The zero-order chi connectivity index (χ0) is 16.1. The van der Waals surface area contributed by atoms with Crippen molar-refractivity contribution in [2.75, 3.05) is 0 Å². The van der Waals surface area contributed by atoms with Crippen molar-refractivity contribution in [1.82, 2.24) is 5.06 Å². The van der Waals surface area contributed by atoms with E-state index in [1.807, 2.05) is 12.2 Å². The molecule has 2 nitrogen and oxygen atoms in total. The van der Waals surface area contributed by atoms with E-state index in [1.165, 1.54) is 32.1 Å². The summed E-state index contributed by atoms with van der Waals surface area (Å²) in [6, 6.07) is 0.426. The van der Waals surface area contributed by atoms with E-state index in [0.29, 0.717) is 12.0 Å². The van der Waals surface area contributed by atoms with Crippen molar-refractivity contribution in [3.8, 4) is 22.6 Å². The summed E-state index contributed by atoms with van der Waals surface area (Å²) in [5.41, 5.74) is 0.141. The molecular formula is C19H21Cl2NO. The van der Waals surface area contributed by atoms with Gasteiger partial charge in [0, 0.05) is 22.7 Å². The molecule has 2 saturated heterocycles. The van der Waals surface area contributed by atoms with E-state index in [0.717, 1.165) is 12.8 Å². The largest absolute Gasteiger partial charge is 0.294 e. The second kappa shape index (κ2) is 7.78. The van der Waals surface area contributed by atoms with Crippen molar-refractivity contribution in [3.05, 3.63) is 24.3 Å². The molecule has 2 bridgehead atoms. The Morgan fingerprint density at radius 1 is 1.09 bits per heavy atom. The van der Waals surface area contributed by atoms with Crippen LogP contribution in [0.25, 0.3) is 0 Å². The van der Waals surface area contributed by atoms with E-state index < -0.39 is 0 Å². The average Bonchev–Trinajstić information content (AvgIpc) is 2.74. The standard InChI is InChI=1S/C19H21Cl2NO/c20-14-4-1-2-8-16-9-6-12-19-13-7-11-18(23-22(16)19)17(19)10-3-5-15-21/h1-3,10,16-18H,6-9,11-13H2/b2-1-,10-3-/t16-,17-,18+,19-/m1/s1. The Morgan fingerprint density at radius 3 is 2.61 bits per heavy atom. The Kier molecular flexibility index (Phi) is 5.73. The van der Waals surface area contributed by atoms with Crippen LogP contribution in [0, 0.1) is 28.5 Å². The monoisotopic (exact) mass is 349 g/mol. The highest BCUT2D eigenvalue weighted by atomic mass is 35.5. The van der Waals surface area contributed by atoms with Gasteiger partial charge in [0.1, 0.15) is 0 Å². The Morgan fingerprint density at radius 2 is 1.83 bits per heavy atom. The second-order valence-electron chi connectivity index (χ2n) is 6.51. The van der Waals surface area contributed by atoms with Crippen LogP contribution in [-0.4, -0.2) is 22.7 Å². The summed E-state index contributed by atoms with van der Waals surface area (Å²) in [4.78, 5) is 6.40. The van der Waals surface area contributed by atoms with E-state index >= 15 is 0 Å². The van der Waals surface area contributed by atoms with E-state index in [9.17, 15) is 0 Å². The first-order chi connectivity index (χ1) is 11.3. The topological polar surface area (TPSA) is 12.5 Å². The first-order valence-electron chi connectivity index (χ1n) is 8.32. The van der Waals surface area contributed by atoms with Crippen LogP contribution in [0.4, 0.5) is 0 Å². The number of hydroxylamine groups is 2. The first kappa shape index (κ1) is 16.9. The summed E-state index contributed by atoms with van der Waals surface area (Å²) >= 11 is 10.9. The first-order valence-corrected chi connectivity index (χ1v) is 9.07. The molecule has 3 rings (SSSR count). The number of halogens is 2. The number of allylic oxidation sites excluding steroid dienone is 2. The predicted octanol–water partition coefficient (Wildman–Crippen LogP) is 4.60. The van der Waals surface area contributed by atoms with E-state index in [2.05, 4.69) is 39.8 Å². The minimum absolute atomic E-state index is 0.141. The molecule has 0 aromatic rings. The highest BCUT2D eigenvalue weighted by molar-refractivity contribution is 6.30. The molecule has 0 N–H and O–H groups in total. The van der Waals surface area contributed by atoms with E-state index in [4.69, 9.17) is 28.0 Å². The van der Waals surface area contributed by atoms with Gasteiger partial charge in [-0.2, -0.15) is 5.06 Å². The highest BCUT2D eigenvalue weighted by Crippen LogP contribution is 2.53. The Hall–Kier alpha value is -0.900. The molecular weight excluding hydrogens is 329 g/mol. The summed E-state index contributed by atoms with van der Waals surface area (Å²) in [5, 5.41) is 7.13. The van der Waals surface area contributed by atoms with Gasteiger partial charge in [0.05, 0.1) is 11.6 Å². The van der Waals surface area contributed by atoms with Crippen molar-refractivity contribution < 1.29 is 4.84 Å². The normalized spacial score (nSPS) is 36.3. The van der Waals surface area contributed by atoms with Gasteiger partial charge in [0.15, 0.2) is 0 Å². The quantitative estimate of drug-likeness (QED) is 0.690. The fourth-order valence-electron chi connectivity index (χ4n) is 4.56. The van der Waals surface area contributed by atoms with Gasteiger partial charge >= 0.3 is 0 Å². The molecule has 122 valence electrons. The van der Waals surface area contributed by atoms with Crippen LogP contribution in [0.5, 0.6) is 0 Å². The maximum atomic E-state index is 6.40. The lowest BCUT2D eigenvalue weighted by Gasteiger charge is -2.47. The van der Waals surface area contributed by atoms with Crippen LogP contribution < -0.4 is 0 Å². The molecule has 1 saturated carbocycles. The maximum Gasteiger partial charge on any atom is 0.0875 e. The molecule has 0 radical (unpaired) electrons. The molecule has 4 atom stereocenters. The second-order valence-corrected chi connectivity index (χ2v) is 6.89. The molecule has 0 unspecified atom stereocenters. The summed E-state index contributed by atoms with van der Waals surface area (Å²) in [6.07, 6.45) is 16.5. The number of rotatable bonds is 3. The zero-order valence-corrected chi connectivity index (χ0v) is 14.6. The van der Waals surface area contributed by atoms with Gasteiger partial charge in [0.25, 0.3) is 0 Å². The molecule has 1 spiro atoms. The maximum absolute atomic E-state index is 6.40. The van der Waals surface area contributed by atoms with Gasteiger partial charge in [-0.1, -0.05) is 24.0 Å². The van der Waals surface area contributed by atoms with Gasteiger partial charge < -0.3 is 0 Å². The number of hydrogen-bond donors (Lipinski definition) is 0. The highest BCUT2D eigenvalue weighted by Gasteiger charge is 2.58. The third-order valence-corrected chi connectivity index (χ3v) is 5.61. The third kappa shape index (κ3) is 3.33. The lowest BCUT2D eigenvalue weighted by atomic mass is 9.67. The fraction of sp³-hybridized carbons (Fsp3) is 0.579. The Labute approximate surface area is 148 Å². The minimum Gasteiger partial charge on any atom is -0.294 e. The molecule has 3 fully saturated rings. The van der Waals surface area contributed by atoms with Crippen molar-refractivity contribution >= 4 is 23.2 Å². The van der Waals surface area contributed by atoms with E-state index in [1.54, 1.807) is 0 Å². The predicted molar refractivity (Wildman–Crippen MR) is 94.6 cm³/mol. The van der Waals surface area contributed by atoms with Gasteiger partial charge in [-0.15, -0.1) is 0 Å². The van der Waals surface area contributed by atoms with Crippen molar-refractivity contribution in [3.63, 3.8) is 0 Å². The summed E-state index contributed by atoms with van der Waals surface area (Å²) in [6.45, 7) is 0. The van der Waals surface area contributed by atoms with Crippen LogP contribution in [0.15, 0.2) is 24.3 Å². The van der Waals surface area contributed by atoms with Gasteiger partial charge in [-0.25, -0.2) is 0 Å². The smallest absolute Gasteiger partial charge is 0.0875 e. The molecule has 0 aromatic carbocycles. The SMILES string of the molecule is ClC#C/C=C\C[C@@H]1CCC[C@]23CCC[C@H](ON12)[C@H]3/C=C\C#CCl. The molecule has 0 amide bonds. The van der Waals surface area contributed by atoms with Crippen LogP contribution in [0.1, 0.15) is 44.9 Å². The van der Waals surface area contributed by atoms with Gasteiger partial charge in [-0.05, 0) is 80.3 Å². The van der Waals surface area contributed by atoms with Gasteiger partial charge in [0.2, 0.25) is 0 Å². The molecule has 2 aliphatic heterocycles. The molecule has 0 aromatic heterocycles. The average molecular weight is 350 g/mol. The zero-order valence-electron chi connectivity index (χ0n) is 13.1.